The molecule has 25 heavy (non-hydrogen) atoms. The monoisotopic (exact) mass is 358 g/mol. The summed E-state index contributed by atoms with van der Waals surface area (Å²) in [5.74, 6) is -0.158. The lowest BCUT2D eigenvalue weighted by Gasteiger charge is -2.11. The van der Waals surface area contributed by atoms with Crippen LogP contribution in [0.2, 0.25) is 0 Å². The molecule has 0 aromatic heterocycles. The maximum atomic E-state index is 12.3. The van der Waals surface area contributed by atoms with E-state index in [0.29, 0.717) is 11.3 Å². The summed E-state index contributed by atoms with van der Waals surface area (Å²) in [6.07, 6.45) is 3.65. The van der Waals surface area contributed by atoms with Crippen molar-refractivity contribution in [2.45, 2.75) is 37.5 Å². The molecule has 0 atom stereocenters. The second-order valence-corrected chi connectivity index (χ2v) is 8.22. The fraction of sp³-hybridized carbons (Fsp3) is 0.316. The second kappa shape index (κ2) is 6.98. The number of benzene rings is 2. The fourth-order valence-corrected chi connectivity index (χ4v) is 4.20. The lowest BCUT2D eigenvalue weighted by atomic mass is 10.0. The van der Waals surface area contributed by atoms with Gasteiger partial charge >= 0.3 is 0 Å². The Morgan fingerprint density at radius 3 is 2.60 bits per heavy atom. The van der Waals surface area contributed by atoms with E-state index < -0.39 is 10.0 Å². The number of sulfonamides is 1. The van der Waals surface area contributed by atoms with Crippen LogP contribution in [-0.4, -0.2) is 21.4 Å². The smallest absolute Gasteiger partial charge is 0.240 e. The molecule has 0 aliphatic heterocycles. The molecule has 2 aromatic rings. The Kier molecular flexibility index (Phi) is 4.92. The Bertz CT molecular complexity index is 920. The molecule has 0 spiro atoms. The molecular weight excluding hydrogens is 336 g/mol. The highest BCUT2D eigenvalue weighted by atomic mass is 32.2. The maximum absolute atomic E-state index is 12.3. The van der Waals surface area contributed by atoms with Crippen LogP contribution < -0.4 is 10.0 Å². The Morgan fingerprint density at radius 1 is 1.08 bits per heavy atom. The number of nitrogens with one attached hydrogen (secondary N) is 2. The van der Waals surface area contributed by atoms with Crippen LogP contribution in [0.1, 0.15) is 28.7 Å². The van der Waals surface area contributed by atoms with Crippen molar-refractivity contribution >= 4 is 21.6 Å². The predicted octanol–water partition coefficient (Wildman–Crippen LogP) is 2.57. The van der Waals surface area contributed by atoms with E-state index in [1.807, 2.05) is 6.07 Å². The Hall–Kier alpha value is -2.18. The number of hydrogen-bond acceptors (Lipinski definition) is 3. The summed E-state index contributed by atoms with van der Waals surface area (Å²) < 4.78 is 26.4. The molecule has 0 saturated carbocycles. The van der Waals surface area contributed by atoms with Gasteiger partial charge < -0.3 is 5.32 Å². The molecule has 2 N–H and O–H groups in total. The number of aryl methyl sites for hydroxylation is 3. The van der Waals surface area contributed by atoms with E-state index >= 15 is 0 Å². The van der Waals surface area contributed by atoms with E-state index in [2.05, 4.69) is 22.2 Å². The lowest BCUT2D eigenvalue weighted by molar-refractivity contribution is -0.115. The normalized spacial score (nSPS) is 13.5. The number of fused-ring (bicyclic) bond motifs is 1. The van der Waals surface area contributed by atoms with Gasteiger partial charge in [0.25, 0.3) is 0 Å². The third-order valence-electron chi connectivity index (χ3n) is 4.56. The van der Waals surface area contributed by atoms with Gasteiger partial charge in [-0.1, -0.05) is 24.3 Å². The summed E-state index contributed by atoms with van der Waals surface area (Å²) in [7, 11) is -2.19. The van der Waals surface area contributed by atoms with Gasteiger partial charge in [-0.2, -0.15) is 0 Å². The molecular formula is C19H22N2O3S. The Labute approximate surface area is 148 Å². The highest BCUT2D eigenvalue weighted by Crippen LogP contribution is 2.23. The minimum Gasteiger partial charge on any atom is -0.326 e. The topological polar surface area (TPSA) is 75.3 Å². The van der Waals surface area contributed by atoms with Crippen molar-refractivity contribution in [3.8, 4) is 0 Å². The molecule has 0 saturated heterocycles. The number of carbonyl (C=O) groups excluding carboxylic acids is 1. The summed E-state index contributed by atoms with van der Waals surface area (Å²) in [4.78, 5) is 12.5. The summed E-state index contributed by atoms with van der Waals surface area (Å²) in [5, 5.41) is 2.79. The fourth-order valence-electron chi connectivity index (χ4n) is 3.20. The molecule has 1 aliphatic rings. The highest BCUT2D eigenvalue weighted by molar-refractivity contribution is 7.89. The van der Waals surface area contributed by atoms with Gasteiger partial charge in [-0.25, -0.2) is 13.1 Å². The molecule has 0 unspecified atom stereocenters. The average molecular weight is 358 g/mol. The van der Waals surface area contributed by atoms with Gasteiger partial charge in [-0.05, 0) is 67.6 Å². The number of amides is 1. The first-order valence-corrected chi connectivity index (χ1v) is 9.82. The summed E-state index contributed by atoms with van der Waals surface area (Å²) >= 11 is 0. The standard InChI is InChI=1S/C19H22N2O3S/c1-13-6-9-17(12-18(13)25(23,24)20-2)21-19(22)11-14-7-8-15-4-3-5-16(15)10-14/h6-10,12,20H,3-5,11H2,1-2H3,(H,21,22). The number of hydrogen-bond donors (Lipinski definition) is 2. The molecule has 1 aliphatic carbocycles. The summed E-state index contributed by atoms with van der Waals surface area (Å²) in [6.45, 7) is 1.72. The van der Waals surface area contributed by atoms with Crippen molar-refractivity contribution in [2.24, 2.45) is 0 Å². The quantitative estimate of drug-likeness (QED) is 0.863. The second-order valence-electron chi connectivity index (χ2n) is 6.37. The first kappa shape index (κ1) is 17.6. The van der Waals surface area contributed by atoms with Crippen molar-refractivity contribution in [1.82, 2.24) is 4.72 Å². The highest BCUT2D eigenvalue weighted by Gasteiger charge is 2.16. The van der Waals surface area contributed by atoms with Crippen molar-refractivity contribution in [1.29, 1.82) is 0 Å². The predicted molar refractivity (Wildman–Crippen MR) is 98.2 cm³/mol. The van der Waals surface area contributed by atoms with Gasteiger partial charge in [-0.15, -0.1) is 0 Å². The van der Waals surface area contributed by atoms with Gasteiger partial charge in [-0.3, -0.25) is 4.79 Å². The van der Waals surface area contributed by atoms with Crippen molar-refractivity contribution in [3.63, 3.8) is 0 Å². The summed E-state index contributed by atoms with van der Waals surface area (Å²) in [5.41, 5.74) is 4.80. The molecule has 0 bridgehead atoms. The molecule has 6 heteroatoms. The summed E-state index contributed by atoms with van der Waals surface area (Å²) in [6, 6.07) is 11.1. The van der Waals surface area contributed by atoms with Crippen LogP contribution >= 0.6 is 0 Å². The zero-order valence-corrected chi connectivity index (χ0v) is 15.2. The minimum atomic E-state index is -3.55. The Morgan fingerprint density at radius 2 is 1.84 bits per heavy atom. The molecule has 1 amide bonds. The first-order chi connectivity index (χ1) is 11.9. The van der Waals surface area contributed by atoms with Gasteiger partial charge in [0.05, 0.1) is 11.3 Å². The Balaban J connectivity index is 1.74. The van der Waals surface area contributed by atoms with E-state index in [1.54, 1.807) is 19.1 Å². The lowest BCUT2D eigenvalue weighted by Crippen LogP contribution is -2.20. The molecule has 132 valence electrons. The SMILES string of the molecule is CNS(=O)(=O)c1cc(NC(=O)Cc2ccc3c(c2)CCC3)ccc1C. The largest absolute Gasteiger partial charge is 0.326 e. The van der Waals surface area contributed by atoms with Crippen molar-refractivity contribution in [2.75, 3.05) is 12.4 Å². The zero-order valence-electron chi connectivity index (χ0n) is 14.4. The van der Waals surface area contributed by atoms with Crippen molar-refractivity contribution < 1.29 is 13.2 Å². The number of carbonyl (C=O) groups is 1. The number of rotatable bonds is 5. The van der Waals surface area contributed by atoms with Crippen LogP contribution in [0.25, 0.3) is 0 Å². The van der Waals surface area contributed by atoms with Crippen molar-refractivity contribution in [3.05, 3.63) is 58.7 Å². The van der Waals surface area contributed by atoms with Gasteiger partial charge in [0, 0.05) is 5.69 Å². The van der Waals surface area contributed by atoms with Crippen LogP contribution in [-0.2, 0) is 34.1 Å². The molecule has 3 rings (SSSR count). The van der Waals surface area contributed by atoms with E-state index in [0.717, 1.165) is 18.4 Å². The van der Waals surface area contributed by atoms with Gasteiger partial charge in [0.1, 0.15) is 0 Å². The maximum Gasteiger partial charge on any atom is 0.240 e. The van der Waals surface area contributed by atoms with Crippen LogP contribution in [0, 0.1) is 6.92 Å². The molecule has 5 nitrogen and oxygen atoms in total. The van der Waals surface area contributed by atoms with Gasteiger partial charge in [0.2, 0.25) is 15.9 Å². The minimum absolute atomic E-state index is 0.158. The molecule has 0 radical (unpaired) electrons. The zero-order chi connectivity index (χ0) is 18.0. The molecule has 2 aromatic carbocycles. The molecule has 0 fully saturated rings. The van der Waals surface area contributed by atoms with Crippen LogP contribution in [0.5, 0.6) is 0 Å². The van der Waals surface area contributed by atoms with E-state index in [9.17, 15) is 13.2 Å². The first-order valence-electron chi connectivity index (χ1n) is 8.34. The molecule has 0 heterocycles. The third-order valence-corrected chi connectivity index (χ3v) is 6.11. The van der Waals surface area contributed by atoms with Gasteiger partial charge in [0.15, 0.2) is 0 Å². The number of anilines is 1. The van der Waals surface area contributed by atoms with E-state index in [1.165, 1.54) is 30.7 Å². The van der Waals surface area contributed by atoms with E-state index in [4.69, 9.17) is 0 Å². The van der Waals surface area contributed by atoms with E-state index in [-0.39, 0.29) is 17.2 Å². The van der Waals surface area contributed by atoms with Crippen LogP contribution in [0.3, 0.4) is 0 Å². The van der Waals surface area contributed by atoms with Crippen LogP contribution in [0.15, 0.2) is 41.3 Å². The third kappa shape index (κ3) is 3.91. The average Bonchev–Trinajstić information content (AvgIpc) is 3.04. The van der Waals surface area contributed by atoms with Crippen LogP contribution in [0.4, 0.5) is 5.69 Å².